The Kier molecular flexibility index (Phi) is 3.49. The van der Waals surface area contributed by atoms with E-state index < -0.39 is 12.2 Å². The van der Waals surface area contributed by atoms with E-state index in [2.05, 4.69) is 0 Å². The molecule has 1 aliphatic rings. The molecule has 5 heteroatoms. The Balaban J connectivity index is 2.10. The molecular weight excluding hydrogens is 232 g/mol. The summed E-state index contributed by atoms with van der Waals surface area (Å²) in [5.74, 6) is -0.0617. The van der Waals surface area contributed by atoms with Gasteiger partial charge in [0.15, 0.2) is 0 Å². The van der Waals surface area contributed by atoms with Gasteiger partial charge >= 0.3 is 6.09 Å². The maximum absolute atomic E-state index is 10.8. The molecule has 1 aliphatic heterocycles. The minimum absolute atomic E-state index is 0.0617. The smallest absolute Gasteiger partial charge is 0.407 e. The zero-order valence-corrected chi connectivity index (χ0v) is 9.78. The molecule has 0 saturated carbocycles. The fourth-order valence-corrected chi connectivity index (χ4v) is 2.30. The van der Waals surface area contributed by atoms with E-state index in [4.69, 9.17) is 10.4 Å². The molecule has 2 N–H and O–H groups in total. The number of benzene rings is 1. The van der Waals surface area contributed by atoms with Crippen LogP contribution in [0.3, 0.4) is 0 Å². The Bertz CT molecular complexity index is 478. The predicted molar refractivity (Wildman–Crippen MR) is 64.1 cm³/mol. The van der Waals surface area contributed by atoms with Crippen molar-refractivity contribution in [3.63, 3.8) is 0 Å². The van der Waals surface area contributed by atoms with Gasteiger partial charge in [-0.15, -0.1) is 0 Å². The minimum Gasteiger partial charge on any atom is -0.465 e. The van der Waals surface area contributed by atoms with E-state index in [9.17, 15) is 9.90 Å². The third-order valence-corrected chi connectivity index (χ3v) is 3.32. The van der Waals surface area contributed by atoms with Gasteiger partial charge in [0.25, 0.3) is 0 Å². The van der Waals surface area contributed by atoms with Crippen LogP contribution in [0.25, 0.3) is 0 Å². The lowest BCUT2D eigenvalue weighted by Crippen LogP contribution is -2.45. The number of likely N-dealkylation sites (tertiary alicyclic amines) is 1. The lowest BCUT2D eigenvalue weighted by Gasteiger charge is -2.34. The summed E-state index contributed by atoms with van der Waals surface area (Å²) in [6, 6.07) is 9.11. The average Bonchev–Trinajstić information content (AvgIpc) is 2.38. The molecule has 0 aromatic heterocycles. The second-order valence-electron chi connectivity index (χ2n) is 4.42. The van der Waals surface area contributed by atoms with Crippen LogP contribution < -0.4 is 0 Å². The predicted octanol–water partition coefficient (Wildman–Crippen LogP) is 1.39. The highest BCUT2D eigenvalue weighted by atomic mass is 16.4. The number of nitrogens with zero attached hydrogens (tertiary/aromatic N) is 2. The summed E-state index contributed by atoms with van der Waals surface area (Å²) < 4.78 is 0. The minimum atomic E-state index is -0.993. The number of aliphatic hydroxyl groups excluding tert-OH is 1. The SMILES string of the molecule is N#Cc1ccc(C2CCN(C(=O)O)CC2O)cc1. The van der Waals surface area contributed by atoms with Crippen LogP contribution >= 0.6 is 0 Å². The zero-order chi connectivity index (χ0) is 13.1. The maximum atomic E-state index is 10.8. The molecule has 5 nitrogen and oxygen atoms in total. The van der Waals surface area contributed by atoms with Crippen molar-refractivity contribution in [3.05, 3.63) is 35.4 Å². The Morgan fingerprint density at radius 1 is 1.39 bits per heavy atom. The molecule has 0 spiro atoms. The van der Waals surface area contributed by atoms with E-state index in [0.717, 1.165) is 5.56 Å². The molecule has 0 radical (unpaired) electrons. The number of aliphatic hydroxyl groups is 1. The molecule has 2 unspecified atom stereocenters. The molecule has 1 fully saturated rings. The summed E-state index contributed by atoms with van der Waals surface area (Å²) in [7, 11) is 0. The largest absolute Gasteiger partial charge is 0.465 e. The molecule has 0 bridgehead atoms. The number of amides is 1. The van der Waals surface area contributed by atoms with Gasteiger partial charge in [-0.2, -0.15) is 5.26 Å². The van der Waals surface area contributed by atoms with E-state index >= 15 is 0 Å². The van der Waals surface area contributed by atoms with Gasteiger partial charge in [-0.25, -0.2) is 4.79 Å². The second kappa shape index (κ2) is 5.07. The first kappa shape index (κ1) is 12.4. The van der Waals surface area contributed by atoms with Crippen molar-refractivity contribution in [3.8, 4) is 6.07 Å². The molecule has 1 amide bonds. The molecule has 18 heavy (non-hydrogen) atoms. The fourth-order valence-electron chi connectivity index (χ4n) is 2.30. The van der Waals surface area contributed by atoms with Gasteiger partial charge in [0, 0.05) is 12.5 Å². The van der Waals surface area contributed by atoms with Crippen molar-refractivity contribution in [2.24, 2.45) is 0 Å². The molecule has 2 atom stereocenters. The van der Waals surface area contributed by atoms with Crippen LogP contribution in [0.5, 0.6) is 0 Å². The number of carbonyl (C=O) groups is 1. The van der Waals surface area contributed by atoms with Crippen LogP contribution in [-0.2, 0) is 0 Å². The maximum Gasteiger partial charge on any atom is 0.407 e. The molecule has 1 saturated heterocycles. The van der Waals surface area contributed by atoms with Crippen LogP contribution in [0.4, 0.5) is 4.79 Å². The first-order valence-corrected chi connectivity index (χ1v) is 5.78. The first-order chi connectivity index (χ1) is 8.61. The third-order valence-electron chi connectivity index (χ3n) is 3.32. The van der Waals surface area contributed by atoms with Crippen LogP contribution in [-0.4, -0.2) is 40.4 Å². The van der Waals surface area contributed by atoms with E-state index in [1.807, 2.05) is 18.2 Å². The number of rotatable bonds is 1. The quantitative estimate of drug-likeness (QED) is 0.784. The lowest BCUT2D eigenvalue weighted by molar-refractivity contribution is 0.0504. The molecule has 2 rings (SSSR count). The molecule has 0 aliphatic carbocycles. The van der Waals surface area contributed by atoms with Gasteiger partial charge in [0.2, 0.25) is 0 Å². The first-order valence-electron chi connectivity index (χ1n) is 5.78. The van der Waals surface area contributed by atoms with Gasteiger partial charge < -0.3 is 15.1 Å². The van der Waals surface area contributed by atoms with Gasteiger partial charge in [-0.3, -0.25) is 0 Å². The highest BCUT2D eigenvalue weighted by Gasteiger charge is 2.30. The van der Waals surface area contributed by atoms with Crippen LogP contribution in [0.15, 0.2) is 24.3 Å². The second-order valence-corrected chi connectivity index (χ2v) is 4.42. The topological polar surface area (TPSA) is 84.6 Å². The van der Waals surface area contributed by atoms with Gasteiger partial charge in [0.1, 0.15) is 0 Å². The third kappa shape index (κ3) is 2.44. The van der Waals surface area contributed by atoms with Gasteiger partial charge in [-0.1, -0.05) is 12.1 Å². The van der Waals surface area contributed by atoms with Crippen molar-refractivity contribution >= 4 is 6.09 Å². The van der Waals surface area contributed by atoms with E-state index in [0.29, 0.717) is 18.5 Å². The number of piperidine rings is 1. The average molecular weight is 246 g/mol. The van der Waals surface area contributed by atoms with Crippen LogP contribution in [0.1, 0.15) is 23.5 Å². The molecule has 1 heterocycles. The summed E-state index contributed by atoms with van der Waals surface area (Å²) in [4.78, 5) is 12.0. The molecule has 1 aromatic rings. The van der Waals surface area contributed by atoms with E-state index in [-0.39, 0.29) is 12.5 Å². The normalized spacial score (nSPS) is 23.4. The van der Waals surface area contributed by atoms with Crippen LogP contribution in [0.2, 0.25) is 0 Å². The van der Waals surface area contributed by atoms with Crippen molar-refractivity contribution in [2.45, 2.75) is 18.4 Å². The van der Waals surface area contributed by atoms with E-state index in [1.54, 1.807) is 12.1 Å². The number of carboxylic acid groups (broad SMARTS) is 1. The van der Waals surface area contributed by atoms with Crippen molar-refractivity contribution in [1.82, 2.24) is 4.90 Å². The van der Waals surface area contributed by atoms with Crippen LogP contribution in [0, 0.1) is 11.3 Å². The summed E-state index contributed by atoms with van der Waals surface area (Å²) in [6.07, 6.45) is -1.09. The highest BCUT2D eigenvalue weighted by Crippen LogP contribution is 2.28. The number of hydrogen-bond donors (Lipinski definition) is 2. The molecular formula is C13H14N2O3. The Morgan fingerprint density at radius 3 is 2.56 bits per heavy atom. The Morgan fingerprint density at radius 2 is 2.06 bits per heavy atom. The van der Waals surface area contributed by atoms with Gasteiger partial charge in [-0.05, 0) is 24.1 Å². The Hall–Kier alpha value is -2.06. The summed E-state index contributed by atoms with van der Waals surface area (Å²) in [5, 5.41) is 27.6. The van der Waals surface area contributed by atoms with E-state index in [1.165, 1.54) is 4.90 Å². The number of hydrogen-bond acceptors (Lipinski definition) is 3. The number of β-amino-alcohol motifs (C(OH)–C–C–N with tert-alkyl or cyclic N) is 1. The Labute approximate surface area is 105 Å². The molecule has 1 aromatic carbocycles. The monoisotopic (exact) mass is 246 g/mol. The summed E-state index contributed by atoms with van der Waals surface area (Å²) >= 11 is 0. The van der Waals surface area contributed by atoms with Crippen molar-refractivity contribution in [1.29, 1.82) is 5.26 Å². The van der Waals surface area contributed by atoms with Crippen molar-refractivity contribution < 1.29 is 15.0 Å². The standard InChI is InChI=1S/C13H14N2O3/c14-7-9-1-3-10(4-2-9)11-5-6-15(13(17)18)8-12(11)16/h1-4,11-12,16H,5-6,8H2,(H,17,18). The fraction of sp³-hybridized carbons (Fsp3) is 0.385. The van der Waals surface area contributed by atoms with Gasteiger partial charge in [0.05, 0.1) is 24.3 Å². The summed E-state index contributed by atoms with van der Waals surface area (Å²) in [6.45, 7) is 0.567. The summed E-state index contributed by atoms with van der Waals surface area (Å²) in [5.41, 5.74) is 1.53. The molecule has 94 valence electrons. The highest BCUT2D eigenvalue weighted by molar-refractivity contribution is 5.65. The lowest BCUT2D eigenvalue weighted by atomic mass is 9.87. The number of nitriles is 1. The zero-order valence-electron chi connectivity index (χ0n) is 9.78. The van der Waals surface area contributed by atoms with Crippen molar-refractivity contribution in [2.75, 3.05) is 13.1 Å².